The molecule has 3 aliphatic heterocycles. The zero-order chi connectivity index (χ0) is 19.1. The quantitative estimate of drug-likeness (QED) is 0.819. The Labute approximate surface area is 165 Å². The summed E-state index contributed by atoms with van der Waals surface area (Å²) in [6.07, 6.45) is 3.05. The second kappa shape index (κ2) is 7.04. The van der Waals surface area contributed by atoms with Gasteiger partial charge >= 0.3 is 0 Å². The van der Waals surface area contributed by atoms with Crippen LogP contribution in [-0.4, -0.2) is 43.2 Å². The van der Waals surface area contributed by atoms with Gasteiger partial charge in [-0.05, 0) is 55.5 Å². The summed E-state index contributed by atoms with van der Waals surface area (Å²) in [6, 6.07) is 15.0. The van der Waals surface area contributed by atoms with Gasteiger partial charge in [0.1, 0.15) is 13.2 Å². The lowest BCUT2D eigenvalue weighted by Gasteiger charge is -2.31. The van der Waals surface area contributed by atoms with E-state index in [1.165, 1.54) is 11.3 Å². The molecule has 0 aliphatic carbocycles. The van der Waals surface area contributed by atoms with Crippen molar-refractivity contribution < 1.29 is 14.3 Å². The van der Waals surface area contributed by atoms with Crippen molar-refractivity contribution in [2.75, 3.05) is 31.2 Å². The van der Waals surface area contributed by atoms with E-state index in [1.807, 2.05) is 6.07 Å². The van der Waals surface area contributed by atoms with E-state index in [0.29, 0.717) is 25.8 Å². The maximum atomic E-state index is 13.3. The van der Waals surface area contributed by atoms with E-state index in [2.05, 4.69) is 53.1 Å². The van der Waals surface area contributed by atoms with Crippen LogP contribution < -0.4 is 14.4 Å². The molecule has 2 aromatic rings. The van der Waals surface area contributed by atoms with Crippen LogP contribution in [0.4, 0.5) is 5.69 Å². The third kappa shape index (κ3) is 2.99. The largest absolute Gasteiger partial charge is 0.486 e. The molecule has 0 bridgehead atoms. The Morgan fingerprint density at radius 3 is 2.82 bits per heavy atom. The standard InChI is InChI=1S/C23H26N2O3/c1-16-13-17-5-2-3-6-20(17)25(16)15-23(26)24-10-4-7-19(24)18-8-9-21-22(14-18)28-12-11-27-21/h2-3,5-6,8-9,14,16,19H,4,7,10-13,15H2,1H3/t16-,19+/m0/s1. The van der Waals surface area contributed by atoms with Gasteiger partial charge in [0.25, 0.3) is 0 Å². The third-order valence-electron chi connectivity index (χ3n) is 6.18. The van der Waals surface area contributed by atoms with Gasteiger partial charge in [0.15, 0.2) is 11.5 Å². The van der Waals surface area contributed by atoms with Gasteiger partial charge in [-0.3, -0.25) is 4.79 Å². The van der Waals surface area contributed by atoms with Crippen molar-refractivity contribution in [2.24, 2.45) is 0 Å². The average Bonchev–Trinajstić information content (AvgIpc) is 3.33. The van der Waals surface area contributed by atoms with E-state index in [1.54, 1.807) is 0 Å². The Balaban J connectivity index is 1.35. The lowest BCUT2D eigenvalue weighted by atomic mass is 10.0. The third-order valence-corrected chi connectivity index (χ3v) is 6.18. The minimum absolute atomic E-state index is 0.122. The summed E-state index contributed by atoms with van der Waals surface area (Å²) >= 11 is 0. The molecule has 0 unspecified atom stereocenters. The van der Waals surface area contributed by atoms with Crippen molar-refractivity contribution in [1.29, 1.82) is 0 Å². The maximum absolute atomic E-state index is 13.3. The summed E-state index contributed by atoms with van der Waals surface area (Å²) in [5.41, 5.74) is 3.69. The van der Waals surface area contributed by atoms with Gasteiger partial charge < -0.3 is 19.3 Å². The molecule has 5 rings (SSSR count). The number of amides is 1. The summed E-state index contributed by atoms with van der Waals surface area (Å²) in [4.78, 5) is 17.6. The molecule has 3 heterocycles. The smallest absolute Gasteiger partial charge is 0.242 e. The van der Waals surface area contributed by atoms with E-state index in [0.717, 1.165) is 42.9 Å². The number of carbonyl (C=O) groups excluding carboxylic acids is 1. The molecular weight excluding hydrogens is 352 g/mol. The van der Waals surface area contributed by atoms with Crippen molar-refractivity contribution in [1.82, 2.24) is 4.90 Å². The molecule has 0 aromatic heterocycles. The van der Waals surface area contributed by atoms with Crippen molar-refractivity contribution >= 4 is 11.6 Å². The molecule has 0 saturated carbocycles. The van der Waals surface area contributed by atoms with E-state index < -0.39 is 0 Å². The summed E-state index contributed by atoms with van der Waals surface area (Å²) in [7, 11) is 0. The highest BCUT2D eigenvalue weighted by Gasteiger charge is 2.34. The molecule has 5 nitrogen and oxygen atoms in total. The van der Waals surface area contributed by atoms with E-state index in [9.17, 15) is 4.79 Å². The Kier molecular flexibility index (Phi) is 4.38. The van der Waals surface area contributed by atoms with Crippen LogP contribution in [0.2, 0.25) is 0 Å². The fraction of sp³-hybridized carbons (Fsp3) is 0.435. The first-order valence-corrected chi connectivity index (χ1v) is 10.2. The summed E-state index contributed by atoms with van der Waals surface area (Å²) in [6.45, 7) is 4.64. The topological polar surface area (TPSA) is 42.0 Å². The number of carbonyl (C=O) groups is 1. The number of rotatable bonds is 3. The fourth-order valence-corrected chi connectivity index (χ4v) is 4.79. The van der Waals surface area contributed by atoms with Crippen LogP contribution in [0.5, 0.6) is 11.5 Å². The van der Waals surface area contributed by atoms with Gasteiger partial charge in [-0.15, -0.1) is 0 Å². The van der Waals surface area contributed by atoms with Gasteiger partial charge in [-0.1, -0.05) is 24.3 Å². The first-order chi connectivity index (χ1) is 13.7. The molecule has 28 heavy (non-hydrogen) atoms. The second-order valence-corrected chi connectivity index (χ2v) is 7.96. The van der Waals surface area contributed by atoms with Gasteiger partial charge in [-0.2, -0.15) is 0 Å². The van der Waals surface area contributed by atoms with Crippen LogP contribution in [-0.2, 0) is 11.2 Å². The first kappa shape index (κ1) is 17.4. The fourth-order valence-electron chi connectivity index (χ4n) is 4.79. The van der Waals surface area contributed by atoms with Crippen molar-refractivity contribution in [2.45, 2.75) is 38.3 Å². The number of hydrogen-bond acceptors (Lipinski definition) is 4. The van der Waals surface area contributed by atoms with Crippen LogP contribution in [0, 0.1) is 0 Å². The average molecular weight is 378 g/mol. The van der Waals surface area contributed by atoms with Crippen molar-refractivity contribution in [3.05, 3.63) is 53.6 Å². The predicted octanol–water partition coefficient (Wildman–Crippen LogP) is 3.57. The minimum atomic E-state index is 0.122. The number of ether oxygens (including phenoxy) is 2. The van der Waals surface area contributed by atoms with Crippen LogP contribution >= 0.6 is 0 Å². The minimum Gasteiger partial charge on any atom is -0.486 e. The monoisotopic (exact) mass is 378 g/mol. The Bertz CT molecular complexity index is 897. The molecule has 2 atom stereocenters. The van der Waals surface area contributed by atoms with E-state index in [-0.39, 0.29) is 11.9 Å². The lowest BCUT2D eigenvalue weighted by Crippen LogP contribution is -2.42. The Morgan fingerprint density at radius 1 is 1.11 bits per heavy atom. The molecule has 146 valence electrons. The van der Waals surface area contributed by atoms with Crippen LogP contribution in [0.15, 0.2) is 42.5 Å². The number of benzene rings is 2. The molecule has 1 saturated heterocycles. The number of para-hydroxylation sites is 1. The molecule has 1 amide bonds. The van der Waals surface area contributed by atoms with Gasteiger partial charge in [0.05, 0.1) is 12.6 Å². The number of nitrogens with zero attached hydrogens (tertiary/aromatic N) is 2. The highest BCUT2D eigenvalue weighted by Crippen LogP contribution is 2.39. The van der Waals surface area contributed by atoms with Crippen LogP contribution in [0.3, 0.4) is 0 Å². The summed E-state index contributed by atoms with van der Waals surface area (Å²) in [5, 5.41) is 0. The zero-order valence-corrected chi connectivity index (χ0v) is 16.3. The van der Waals surface area contributed by atoms with Gasteiger partial charge in [0, 0.05) is 18.3 Å². The summed E-state index contributed by atoms with van der Waals surface area (Å²) in [5.74, 6) is 1.81. The van der Waals surface area contributed by atoms with Gasteiger partial charge in [-0.25, -0.2) is 0 Å². The molecule has 0 N–H and O–H groups in total. The second-order valence-electron chi connectivity index (χ2n) is 7.96. The molecule has 0 spiro atoms. The molecular formula is C23H26N2O3. The number of anilines is 1. The summed E-state index contributed by atoms with van der Waals surface area (Å²) < 4.78 is 11.4. The molecule has 2 aromatic carbocycles. The Morgan fingerprint density at radius 2 is 1.93 bits per heavy atom. The van der Waals surface area contributed by atoms with Gasteiger partial charge in [0.2, 0.25) is 5.91 Å². The normalized spacial score (nSPS) is 23.0. The highest BCUT2D eigenvalue weighted by atomic mass is 16.6. The van der Waals surface area contributed by atoms with E-state index >= 15 is 0 Å². The highest BCUT2D eigenvalue weighted by molar-refractivity contribution is 5.83. The zero-order valence-electron chi connectivity index (χ0n) is 16.3. The molecule has 1 fully saturated rings. The number of hydrogen-bond donors (Lipinski definition) is 0. The van der Waals surface area contributed by atoms with Crippen LogP contribution in [0.25, 0.3) is 0 Å². The maximum Gasteiger partial charge on any atom is 0.242 e. The van der Waals surface area contributed by atoms with E-state index in [4.69, 9.17) is 9.47 Å². The molecule has 5 heteroatoms. The first-order valence-electron chi connectivity index (χ1n) is 10.2. The predicted molar refractivity (Wildman–Crippen MR) is 108 cm³/mol. The number of fused-ring (bicyclic) bond motifs is 2. The SMILES string of the molecule is C[C@H]1Cc2ccccc2N1CC(=O)N1CCC[C@@H]1c1ccc2c(c1)OCCO2. The Hall–Kier alpha value is -2.69. The molecule has 3 aliphatic rings. The molecule has 0 radical (unpaired) electrons. The van der Waals surface area contributed by atoms with Crippen LogP contribution in [0.1, 0.15) is 36.9 Å². The van der Waals surface area contributed by atoms with Crippen molar-refractivity contribution in [3.8, 4) is 11.5 Å². The number of likely N-dealkylation sites (tertiary alicyclic amines) is 1. The lowest BCUT2D eigenvalue weighted by molar-refractivity contribution is -0.130. The van der Waals surface area contributed by atoms with Crippen molar-refractivity contribution in [3.63, 3.8) is 0 Å².